The molecule has 0 atom stereocenters. The number of carbonyl (C=O) groups is 1. The Balaban J connectivity index is 1.64. The molecule has 1 aromatic rings. The van der Waals surface area contributed by atoms with Crippen LogP contribution in [-0.4, -0.2) is 57.3 Å². The topological polar surface area (TPSA) is 78.0 Å². The van der Waals surface area contributed by atoms with Crippen LogP contribution in [-0.2, 0) is 11.3 Å². The second-order valence-corrected chi connectivity index (χ2v) is 7.04. The van der Waals surface area contributed by atoms with Gasteiger partial charge in [0.05, 0.1) is 7.11 Å². The molecular weight excluding hydrogens is 342 g/mol. The molecule has 1 saturated heterocycles. The molecule has 2 rings (SSSR count). The number of rotatable bonds is 7. The number of benzene rings is 1. The van der Waals surface area contributed by atoms with Gasteiger partial charge in [-0.15, -0.1) is 0 Å². The average Bonchev–Trinajstić information content (AvgIpc) is 2.69. The molecule has 7 heteroatoms. The zero-order chi connectivity index (χ0) is 19.5. The fraction of sp³-hybridized carbons (Fsp3) is 0.600. The summed E-state index contributed by atoms with van der Waals surface area (Å²) in [6.07, 6.45) is 3.29. The third kappa shape index (κ3) is 7.86. The van der Waals surface area contributed by atoms with Crippen molar-refractivity contribution in [3.05, 3.63) is 29.8 Å². The lowest BCUT2D eigenvalue weighted by Gasteiger charge is -2.30. The maximum absolute atomic E-state index is 11.2. The highest BCUT2D eigenvalue weighted by atomic mass is 16.5. The Morgan fingerprint density at radius 2 is 1.93 bits per heavy atom. The lowest BCUT2D eigenvalue weighted by Crippen LogP contribution is -2.39. The van der Waals surface area contributed by atoms with E-state index in [0.717, 1.165) is 37.0 Å². The molecule has 1 fully saturated rings. The molecule has 1 aliphatic rings. The van der Waals surface area contributed by atoms with E-state index in [-0.39, 0.29) is 0 Å². The van der Waals surface area contributed by atoms with Crippen LogP contribution in [0.15, 0.2) is 29.3 Å². The fourth-order valence-electron chi connectivity index (χ4n) is 3.08. The van der Waals surface area contributed by atoms with E-state index in [1.54, 1.807) is 7.05 Å². The summed E-state index contributed by atoms with van der Waals surface area (Å²) in [6, 6.07) is 7.62. The average molecular weight is 376 g/mol. The molecule has 1 aromatic carbocycles. The first kappa shape index (κ1) is 21.0. The van der Waals surface area contributed by atoms with E-state index in [2.05, 4.69) is 37.5 Å². The number of amides is 1. The van der Waals surface area contributed by atoms with Crippen LogP contribution in [0.25, 0.3) is 0 Å². The second-order valence-electron chi connectivity index (χ2n) is 7.04. The van der Waals surface area contributed by atoms with Crippen molar-refractivity contribution in [2.24, 2.45) is 10.9 Å². The Bertz CT molecular complexity index is 595. The number of carbonyl (C=O) groups excluding carboxylic acids is 1. The third-order valence-electron chi connectivity index (χ3n) is 4.89. The summed E-state index contributed by atoms with van der Waals surface area (Å²) in [6.45, 7) is 7.53. The summed E-state index contributed by atoms with van der Waals surface area (Å²) < 4.78 is 4.58. The highest BCUT2D eigenvalue weighted by Gasteiger charge is 2.14. The fourth-order valence-corrected chi connectivity index (χ4v) is 3.08. The van der Waals surface area contributed by atoms with Gasteiger partial charge in [-0.1, -0.05) is 19.1 Å². The van der Waals surface area contributed by atoms with Crippen LogP contribution < -0.4 is 16.0 Å². The van der Waals surface area contributed by atoms with Gasteiger partial charge in [0, 0.05) is 25.8 Å². The molecule has 0 bridgehead atoms. The monoisotopic (exact) mass is 375 g/mol. The van der Waals surface area contributed by atoms with Crippen LogP contribution in [0.3, 0.4) is 0 Å². The lowest BCUT2D eigenvalue weighted by atomic mass is 9.99. The van der Waals surface area contributed by atoms with Crippen molar-refractivity contribution in [1.82, 2.24) is 15.5 Å². The number of methoxy groups -OCH3 is 1. The van der Waals surface area contributed by atoms with Crippen molar-refractivity contribution in [2.75, 3.05) is 45.7 Å². The Labute approximate surface area is 162 Å². The SMILES string of the molecule is CN=C(NCCCN1CCC(C)CC1)NCc1ccc(NC(=O)OC)cc1. The Kier molecular flexibility index (Phi) is 8.91. The minimum atomic E-state index is -0.468. The van der Waals surface area contributed by atoms with Gasteiger partial charge in [-0.2, -0.15) is 0 Å². The Morgan fingerprint density at radius 3 is 2.56 bits per heavy atom. The van der Waals surface area contributed by atoms with E-state index >= 15 is 0 Å². The molecule has 0 radical (unpaired) electrons. The summed E-state index contributed by atoms with van der Waals surface area (Å²) in [5, 5.41) is 9.32. The van der Waals surface area contributed by atoms with Crippen LogP contribution in [0.1, 0.15) is 31.7 Å². The predicted molar refractivity (Wildman–Crippen MR) is 110 cm³/mol. The van der Waals surface area contributed by atoms with Gasteiger partial charge in [0.25, 0.3) is 0 Å². The zero-order valence-electron chi connectivity index (χ0n) is 16.8. The van der Waals surface area contributed by atoms with Crippen molar-refractivity contribution in [1.29, 1.82) is 0 Å². The van der Waals surface area contributed by atoms with Gasteiger partial charge in [0.15, 0.2) is 5.96 Å². The van der Waals surface area contributed by atoms with Gasteiger partial charge in [-0.3, -0.25) is 10.3 Å². The number of anilines is 1. The second kappa shape index (κ2) is 11.4. The molecule has 27 heavy (non-hydrogen) atoms. The Hall–Kier alpha value is -2.28. The maximum atomic E-state index is 11.2. The minimum absolute atomic E-state index is 0.468. The van der Waals surface area contributed by atoms with Crippen LogP contribution in [0, 0.1) is 5.92 Å². The number of hydrogen-bond donors (Lipinski definition) is 3. The highest BCUT2D eigenvalue weighted by molar-refractivity contribution is 5.84. The Morgan fingerprint density at radius 1 is 1.22 bits per heavy atom. The van der Waals surface area contributed by atoms with Gasteiger partial charge in [-0.05, 0) is 62.5 Å². The number of guanidine groups is 1. The lowest BCUT2D eigenvalue weighted by molar-refractivity contribution is 0.187. The van der Waals surface area contributed by atoms with Gasteiger partial charge >= 0.3 is 6.09 Å². The van der Waals surface area contributed by atoms with E-state index in [4.69, 9.17) is 0 Å². The smallest absolute Gasteiger partial charge is 0.411 e. The molecule has 150 valence electrons. The molecule has 0 saturated carbocycles. The van der Waals surface area contributed by atoms with E-state index in [0.29, 0.717) is 12.2 Å². The molecule has 0 unspecified atom stereocenters. The maximum Gasteiger partial charge on any atom is 0.411 e. The molecule has 1 aliphatic heterocycles. The number of nitrogens with one attached hydrogen (secondary N) is 3. The van der Waals surface area contributed by atoms with Gasteiger partial charge in [-0.25, -0.2) is 4.79 Å². The third-order valence-corrected chi connectivity index (χ3v) is 4.89. The number of aliphatic imine (C=N–C) groups is 1. The molecule has 7 nitrogen and oxygen atoms in total. The largest absolute Gasteiger partial charge is 0.453 e. The quantitative estimate of drug-likeness (QED) is 0.388. The normalized spacial score (nSPS) is 16.0. The zero-order valence-corrected chi connectivity index (χ0v) is 16.8. The van der Waals surface area contributed by atoms with Crippen molar-refractivity contribution in [3.8, 4) is 0 Å². The van der Waals surface area contributed by atoms with Crippen molar-refractivity contribution >= 4 is 17.7 Å². The highest BCUT2D eigenvalue weighted by Crippen LogP contribution is 2.15. The van der Waals surface area contributed by atoms with Crippen molar-refractivity contribution in [3.63, 3.8) is 0 Å². The number of likely N-dealkylation sites (tertiary alicyclic amines) is 1. The summed E-state index contributed by atoms with van der Waals surface area (Å²) in [4.78, 5) is 18.0. The van der Waals surface area contributed by atoms with E-state index in [9.17, 15) is 4.79 Å². The molecule has 0 aliphatic carbocycles. The first-order valence-corrected chi connectivity index (χ1v) is 9.71. The first-order valence-electron chi connectivity index (χ1n) is 9.71. The molecule has 0 aromatic heterocycles. The summed E-state index contributed by atoms with van der Waals surface area (Å²) in [5.41, 5.74) is 1.82. The first-order chi connectivity index (χ1) is 13.1. The summed E-state index contributed by atoms with van der Waals surface area (Å²) in [5.74, 6) is 1.69. The summed E-state index contributed by atoms with van der Waals surface area (Å²) in [7, 11) is 3.13. The van der Waals surface area contributed by atoms with Crippen molar-refractivity contribution in [2.45, 2.75) is 32.7 Å². The van der Waals surface area contributed by atoms with Crippen LogP contribution in [0.4, 0.5) is 10.5 Å². The van der Waals surface area contributed by atoms with Gasteiger partial charge < -0.3 is 20.3 Å². The molecule has 3 N–H and O–H groups in total. The van der Waals surface area contributed by atoms with E-state index in [1.807, 2.05) is 24.3 Å². The number of nitrogens with zero attached hydrogens (tertiary/aromatic N) is 2. The van der Waals surface area contributed by atoms with Gasteiger partial charge in [0.2, 0.25) is 0 Å². The standard InChI is InChI=1S/C20H33N5O2/c1-16-9-13-25(14-10-16)12-4-11-22-19(21-2)23-15-17-5-7-18(8-6-17)24-20(26)27-3/h5-8,16H,4,9-15H2,1-3H3,(H,24,26)(H2,21,22,23). The minimum Gasteiger partial charge on any atom is -0.453 e. The van der Waals surface area contributed by atoms with E-state index in [1.165, 1.54) is 33.0 Å². The van der Waals surface area contributed by atoms with Crippen LogP contribution in [0.5, 0.6) is 0 Å². The van der Waals surface area contributed by atoms with Crippen molar-refractivity contribution < 1.29 is 9.53 Å². The summed E-state index contributed by atoms with van der Waals surface area (Å²) >= 11 is 0. The van der Waals surface area contributed by atoms with Crippen LogP contribution >= 0.6 is 0 Å². The van der Waals surface area contributed by atoms with Gasteiger partial charge in [0.1, 0.15) is 0 Å². The number of ether oxygens (including phenoxy) is 1. The molecule has 0 spiro atoms. The van der Waals surface area contributed by atoms with Crippen LogP contribution in [0.2, 0.25) is 0 Å². The number of piperidine rings is 1. The number of hydrogen-bond acceptors (Lipinski definition) is 4. The predicted octanol–water partition coefficient (Wildman–Crippen LogP) is 2.65. The molecular formula is C20H33N5O2. The molecule has 1 heterocycles. The van der Waals surface area contributed by atoms with E-state index < -0.39 is 6.09 Å². The molecule has 1 amide bonds.